The van der Waals surface area contributed by atoms with E-state index in [-0.39, 0.29) is 0 Å². The summed E-state index contributed by atoms with van der Waals surface area (Å²) in [6.07, 6.45) is 0.893. The molecule has 0 unspecified atom stereocenters. The van der Waals surface area contributed by atoms with Crippen molar-refractivity contribution in [3.8, 4) is 11.1 Å². The molecule has 126 valence electrons. The van der Waals surface area contributed by atoms with E-state index < -0.39 is 0 Å². The third-order valence-corrected chi connectivity index (χ3v) is 4.32. The number of benzene rings is 3. The van der Waals surface area contributed by atoms with E-state index in [0.717, 1.165) is 23.1 Å². The summed E-state index contributed by atoms with van der Waals surface area (Å²) in [6.45, 7) is 1.36. The molecular weight excluding hydrogens is 326 g/mol. The molecule has 3 heteroatoms. The van der Waals surface area contributed by atoms with Gasteiger partial charge in [-0.3, -0.25) is 0 Å². The fourth-order valence-corrected chi connectivity index (χ4v) is 2.93. The monoisotopic (exact) mass is 347 g/mol. The highest BCUT2D eigenvalue weighted by Gasteiger charge is 2.06. The first-order valence-corrected chi connectivity index (χ1v) is 8.74. The van der Waals surface area contributed by atoms with E-state index >= 15 is 0 Å². The fraction of sp³-hybridized carbons (Fsp3) is 0.136. The van der Waals surface area contributed by atoms with Gasteiger partial charge in [0.05, 0.1) is 13.2 Å². The van der Waals surface area contributed by atoms with Crippen LogP contribution in [0.3, 0.4) is 0 Å². The topological polar surface area (TPSA) is 35.2 Å². The Morgan fingerprint density at radius 2 is 1.48 bits per heavy atom. The Morgan fingerprint density at radius 3 is 2.20 bits per heavy atom. The Kier molecular flexibility index (Phi) is 5.94. The van der Waals surface area contributed by atoms with Crippen LogP contribution in [0.2, 0.25) is 0 Å². The molecule has 0 aromatic heterocycles. The fourth-order valence-electron chi connectivity index (χ4n) is 2.75. The van der Waals surface area contributed by atoms with Crippen LogP contribution in [0, 0.1) is 0 Å². The SMILES string of the molecule is NC(=S)c1ccccc1-c1ccc(CCOCc2ccccc2)cc1. The minimum absolute atomic E-state index is 0.425. The van der Waals surface area contributed by atoms with Gasteiger partial charge in [0, 0.05) is 5.56 Å². The van der Waals surface area contributed by atoms with E-state index in [1.54, 1.807) is 0 Å². The summed E-state index contributed by atoms with van der Waals surface area (Å²) in [5, 5.41) is 0. The largest absolute Gasteiger partial charge is 0.389 e. The molecule has 3 aromatic carbocycles. The Hall–Kier alpha value is -2.49. The van der Waals surface area contributed by atoms with Gasteiger partial charge in [0.2, 0.25) is 0 Å². The first-order valence-electron chi connectivity index (χ1n) is 8.34. The van der Waals surface area contributed by atoms with Crippen LogP contribution in [0.15, 0.2) is 78.9 Å². The summed E-state index contributed by atoms with van der Waals surface area (Å²) in [5.74, 6) is 0. The van der Waals surface area contributed by atoms with Crippen LogP contribution in [0.1, 0.15) is 16.7 Å². The molecular formula is C22H21NOS. The lowest BCUT2D eigenvalue weighted by Crippen LogP contribution is -2.10. The summed E-state index contributed by atoms with van der Waals surface area (Å²) in [6, 6.07) is 26.7. The Balaban J connectivity index is 1.58. The van der Waals surface area contributed by atoms with Crippen molar-refractivity contribution in [3.05, 3.63) is 95.6 Å². The van der Waals surface area contributed by atoms with Gasteiger partial charge in [-0.25, -0.2) is 0 Å². The first kappa shape index (κ1) is 17.3. The van der Waals surface area contributed by atoms with Crippen molar-refractivity contribution in [2.75, 3.05) is 6.61 Å². The molecule has 0 fully saturated rings. The molecule has 0 aliphatic rings. The number of hydrogen-bond acceptors (Lipinski definition) is 2. The van der Waals surface area contributed by atoms with Crippen molar-refractivity contribution in [3.63, 3.8) is 0 Å². The molecule has 2 N–H and O–H groups in total. The van der Waals surface area contributed by atoms with Gasteiger partial charge in [-0.1, -0.05) is 91.1 Å². The molecule has 25 heavy (non-hydrogen) atoms. The number of nitrogens with two attached hydrogens (primary N) is 1. The van der Waals surface area contributed by atoms with Gasteiger partial charge in [-0.05, 0) is 28.7 Å². The molecule has 3 aromatic rings. The summed E-state index contributed by atoms with van der Waals surface area (Å²) in [5.41, 5.74) is 11.4. The van der Waals surface area contributed by atoms with Gasteiger partial charge in [-0.15, -0.1) is 0 Å². The van der Waals surface area contributed by atoms with Crippen LogP contribution in [0.25, 0.3) is 11.1 Å². The molecule has 3 rings (SSSR count). The van der Waals surface area contributed by atoms with Crippen LogP contribution in [-0.4, -0.2) is 11.6 Å². The Labute approximate surface area is 154 Å². The molecule has 0 radical (unpaired) electrons. The Bertz CT molecular complexity index is 828. The van der Waals surface area contributed by atoms with Crippen LogP contribution < -0.4 is 5.73 Å². The van der Waals surface area contributed by atoms with Crippen molar-refractivity contribution in [2.24, 2.45) is 5.73 Å². The lowest BCUT2D eigenvalue weighted by molar-refractivity contribution is 0.124. The second-order valence-corrected chi connectivity index (χ2v) is 6.33. The smallest absolute Gasteiger partial charge is 0.104 e. The average Bonchev–Trinajstić information content (AvgIpc) is 2.66. The van der Waals surface area contributed by atoms with E-state index in [4.69, 9.17) is 22.7 Å². The van der Waals surface area contributed by atoms with Crippen molar-refractivity contribution in [1.82, 2.24) is 0 Å². The van der Waals surface area contributed by atoms with E-state index in [1.807, 2.05) is 42.5 Å². The van der Waals surface area contributed by atoms with Crippen molar-refractivity contribution < 1.29 is 4.74 Å². The molecule has 0 aliphatic heterocycles. The van der Waals surface area contributed by atoms with Gasteiger partial charge < -0.3 is 10.5 Å². The van der Waals surface area contributed by atoms with E-state index in [1.165, 1.54) is 11.1 Å². The molecule has 0 spiro atoms. The second kappa shape index (κ2) is 8.56. The quantitative estimate of drug-likeness (QED) is 0.495. The summed E-state index contributed by atoms with van der Waals surface area (Å²) < 4.78 is 5.76. The maximum absolute atomic E-state index is 5.83. The van der Waals surface area contributed by atoms with Gasteiger partial charge >= 0.3 is 0 Å². The van der Waals surface area contributed by atoms with Crippen LogP contribution >= 0.6 is 12.2 Å². The van der Waals surface area contributed by atoms with Crippen LogP contribution in [0.4, 0.5) is 0 Å². The van der Waals surface area contributed by atoms with Crippen LogP contribution in [0.5, 0.6) is 0 Å². The van der Waals surface area contributed by atoms with Crippen molar-refractivity contribution in [2.45, 2.75) is 13.0 Å². The zero-order valence-corrected chi connectivity index (χ0v) is 14.8. The highest BCUT2D eigenvalue weighted by Crippen LogP contribution is 2.24. The highest BCUT2D eigenvalue weighted by atomic mass is 32.1. The zero-order valence-electron chi connectivity index (χ0n) is 14.0. The first-order chi connectivity index (χ1) is 12.2. The van der Waals surface area contributed by atoms with E-state index in [2.05, 4.69) is 36.4 Å². The molecule has 0 saturated carbocycles. The minimum Gasteiger partial charge on any atom is -0.389 e. The maximum atomic E-state index is 5.83. The van der Waals surface area contributed by atoms with Gasteiger partial charge in [-0.2, -0.15) is 0 Å². The average molecular weight is 347 g/mol. The third-order valence-electron chi connectivity index (χ3n) is 4.10. The van der Waals surface area contributed by atoms with Crippen molar-refractivity contribution >= 4 is 17.2 Å². The van der Waals surface area contributed by atoms with Crippen LogP contribution in [-0.2, 0) is 17.8 Å². The number of hydrogen-bond donors (Lipinski definition) is 1. The van der Waals surface area contributed by atoms with Gasteiger partial charge in [0.25, 0.3) is 0 Å². The second-order valence-electron chi connectivity index (χ2n) is 5.89. The molecule has 2 nitrogen and oxygen atoms in total. The normalized spacial score (nSPS) is 10.6. The minimum atomic E-state index is 0.425. The summed E-state index contributed by atoms with van der Waals surface area (Å²) >= 11 is 5.15. The predicted octanol–water partition coefficient (Wildman–Crippen LogP) is 4.75. The zero-order chi connectivity index (χ0) is 17.5. The highest BCUT2D eigenvalue weighted by molar-refractivity contribution is 7.80. The molecule has 0 atom stereocenters. The molecule has 0 bridgehead atoms. The Morgan fingerprint density at radius 1 is 0.800 bits per heavy atom. The lowest BCUT2D eigenvalue weighted by Gasteiger charge is -2.09. The molecule has 0 amide bonds. The third kappa shape index (κ3) is 4.75. The van der Waals surface area contributed by atoms with Gasteiger partial charge in [0.15, 0.2) is 0 Å². The lowest BCUT2D eigenvalue weighted by atomic mass is 9.98. The maximum Gasteiger partial charge on any atom is 0.104 e. The molecule has 0 heterocycles. The number of ether oxygens (including phenoxy) is 1. The van der Waals surface area contributed by atoms with E-state index in [9.17, 15) is 0 Å². The van der Waals surface area contributed by atoms with Crippen molar-refractivity contribution in [1.29, 1.82) is 0 Å². The predicted molar refractivity (Wildman–Crippen MR) is 108 cm³/mol. The summed E-state index contributed by atoms with van der Waals surface area (Å²) in [7, 11) is 0. The van der Waals surface area contributed by atoms with Gasteiger partial charge in [0.1, 0.15) is 4.99 Å². The standard InChI is InChI=1S/C22H21NOS/c23-22(25)21-9-5-4-8-20(21)19-12-10-17(11-13-19)14-15-24-16-18-6-2-1-3-7-18/h1-13H,14-16H2,(H2,23,25). The summed E-state index contributed by atoms with van der Waals surface area (Å²) in [4.78, 5) is 0.425. The molecule has 0 aliphatic carbocycles. The number of thiocarbonyl (C=S) groups is 1. The van der Waals surface area contributed by atoms with E-state index in [0.29, 0.717) is 18.2 Å². The number of rotatable bonds is 7. The molecule has 0 saturated heterocycles.